The first-order chi connectivity index (χ1) is 7.76. The molecule has 1 aromatic carbocycles. The lowest BCUT2D eigenvalue weighted by Gasteiger charge is -2.37. The largest absolute Gasteiger partial charge is 0.394 e. The Labute approximate surface area is 105 Å². The summed E-state index contributed by atoms with van der Waals surface area (Å²) in [7, 11) is 0. The van der Waals surface area contributed by atoms with E-state index in [0.717, 1.165) is 30.0 Å². The number of aliphatic hydroxyl groups excluding tert-OH is 1. The van der Waals surface area contributed by atoms with Gasteiger partial charge in [-0.2, -0.15) is 11.8 Å². The SMILES string of the molecule is OCC1(Nc2ccccc2Cl)CCSCC1. The van der Waals surface area contributed by atoms with Crippen molar-refractivity contribution >= 4 is 29.1 Å². The van der Waals surface area contributed by atoms with Gasteiger partial charge in [-0.1, -0.05) is 23.7 Å². The molecule has 0 unspecified atom stereocenters. The molecule has 1 fully saturated rings. The molecule has 0 bridgehead atoms. The maximum absolute atomic E-state index is 9.58. The van der Waals surface area contributed by atoms with Crippen LogP contribution in [-0.2, 0) is 0 Å². The predicted molar refractivity (Wildman–Crippen MR) is 71.5 cm³/mol. The number of aliphatic hydroxyl groups is 1. The molecule has 0 atom stereocenters. The standard InChI is InChI=1S/C12H16ClNOS/c13-10-3-1-2-4-11(10)14-12(9-15)5-7-16-8-6-12/h1-4,14-15H,5-9H2. The summed E-state index contributed by atoms with van der Waals surface area (Å²) in [5, 5.41) is 13.7. The molecule has 2 N–H and O–H groups in total. The fraction of sp³-hybridized carbons (Fsp3) is 0.500. The summed E-state index contributed by atoms with van der Waals surface area (Å²) in [4.78, 5) is 0. The van der Waals surface area contributed by atoms with Gasteiger partial charge in [0.15, 0.2) is 0 Å². The van der Waals surface area contributed by atoms with Crippen LogP contribution in [0, 0.1) is 0 Å². The van der Waals surface area contributed by atoms with Gasteiger partial charge in [-0.05, 0) is 36.5 Å². The van der Waals surface area contributed by atoms with Crippen LogP contribution >= 0.6 is 23.4 Å². The van der Waals surface area contributed by atoms with Gasteiger partial charge in [0.2, 0.25) is 0 Å². The van der Waals surface area contributed by atoms with E-state index >= 15 is 0 Å². The Hall–Kier alpha value is -0.380. The number of hydrogen-bond donors (Lipinski definition) is 2. The molecular weight excluding hydrogens is 242 g/mol. The fourth-order valence-corrected chi connectivity index (χ4v) is 3.39. The summed E-state index contributed by atoms with van der Waals surface area (Å²) in [6.45, 7) is 0.165. The first-order valence-electron chi connectivity index (χ1n) is 5.47. The Morgan fingerprint density at radius 3 is 2.62 bits per heavy atom. The summed E-state index contributed by atoms with van der Waals surface area (Å²) in [6, 6.07) is 7.70. The summed E-state index contributed by atoms with van der Waals surface area (Å²) in [5.74, 6) is 2.19. The van der Waals surface area contributed by atoms with Crippen LogP contribution in [0.15, 0.2) is 24.3 Å². The number of benzene rings is 1. The Morgan fingerprint density at radius 2 is 2.00 bits per heavy atom. The second kappa shape index (κ2) is 5.30. The highest BCUT2D eigenvalue weighted by Crippen LogP contribution is 2.32. The number of para-hydroxylation sites is 1. The molecule has 0 aliphatic carbocycles. The number of anilines is 1. The molecule has 0 spiro atoms. The van der Waals surface area contributed by atoms with Gasteiger partial charge in [0.25, 0.3) is 0 Å². The first-order valence-corrected chi connectivity index (χ1v) is 7.00. The predicted octanol–water partition coefficient (Wildman–Crippen LogP) is 3.01. The van der Waals surface area contributed by atoms with Crippen LogP contribution in [-0.4, -0.2) is 28.8 Å². The van der Waals surface area contributed by atoms with Gasteiger partial charge >= 0.3 is 0 Å². The quantitative estimate of drug-likeness (QED) is 0.873. The van der Waals surface area contributed by atoms with Gasteiger partial charge in [-0.3, -0.25) is 0 Å². The third kappa shape index (κ3) is 2.65. The average Bonchev–Trinajstić information content (AvgIpc) is 2.33. The fourth-order valence-electron chi connectivity index (χ4n) is 1.93. The maximum Gasteiger partial charge on any atom is 0.0662 e. The van der Waals surface area contributed by atoms with Crippen molar-refractivity contribution in [1.29, 1.82) is 0 Å². The number of hydrogen-bond acceptors (Lipinski definition) is 3. The zero-order valence-electron chi connectivity index (χ0n) is 9.08. The Morgan fingerprint density at radius 1 is 1.31 bits per heavy atom. The summed E-state index contributed by atoms with van der Waals surface area (Å²) >= 11 is 8.06. The second-order valence-electron chi connectivity index (χ2n) is 4.16. The van der Waals surface area contributed by atoms with Crippen LogP contribution in [0.5, 0.6) is 0 Å². The lowest BCUT2D eigenvalue weighted by atomic mass is 9.93. The molecule has 0 saturated carbocycles. The summed E-state index contributed by atoms with van der Waals surface area (Å²) in [5.41, 5.74) is 0.737. The minimum Gasteiger partial charge on any atom is -0.394 e. The Kier molecular flexibility index (Phi) is 4.00. The zero-order chi connectivity index (χ0) is 11.4. The van der Waals surface area contributed by atoms with Crippen molar-refractivity contribution in [3.05, 3.63) is 29.3 Å². The van der Waals surface area contributed by atoms with E-state index in [-0.39, 0.29) is 12.1 Å². The number of halogens is 1. The van der Waals surface area contributed by atoms with Crippen LogP contribution in [0.1, 0.15) is 12.8 Å². The lowest BCUT2D eigenvalue weighted by Crippen LogP contribution is -2.45. The smallest absolute Gasteiger partial charge is 0.0662 e. The van der Waals surface area contributed by atoms with E-state index in [1.54, 1.807) is 0 Å². The van der Waals surface area contributed by atoms with Crippen LogP contribution in [0.25, 0.3) is 0 Å². The molecule has 1 aliphatic heterocycles. The highest BCUT2D eigenvalue weighted by molar-refractivity contribution is 7.99. The van der Waals surface area contributed by atoms with Crippen LogP contribution in [0.4, 0.5) is 5.69 Å². The van der Waals surface area contributed by atoms with Crippen molar-refractivity contribution in [2.75, 3.05) is 23.4 Å². The van der Waals surface area contributed by atoms with E-state index in [1.807, 2.05) is 36.0 Å². The van der Waals surface area contributed by atoms with Gasteiger partial charge in [-0.25, -0.2) is 0 Å². The molecule has 1 aromatic rings. The molecule has 2 nitrogen and oxygen atoms in total. The van der Waals surface area contributed by atoms with E-state index in [2.05, 4.69) is 5.32 Å². The highest BCUT2D eigenvalue weighted by Gasteiger charge is 2.31. The molecule has 4 heteroatoms. The van der Waals surface area contributed by atoms with Crippen LogP contribution < -0.4 is 5.32 Å². The third-order valence-electron chi connectivity index (χ3n) is 3.03. The Bertz CT molecular complexity index is 353. The second-order valence-corrected chi connectivity index (χ2v) is 5.79. The number of nitrogens with one attached hydrogen (secondary N) is 1. The lowest BCUT2D eigenvalue weighted by molar-refractivity contribution is 0.202. The average molecular weight is 258 g/mol. The molecule has 1 saturated heterocycles. The van der Waals surface area contributed by atoms with Crippen molar-refractivity contribution in [2.24, 2.45) is 0 Å². The topological polar surface area (TPSA) is 32.3 Å². The van der Waals surface area contributed by atoms with E-state index in [4.69, 9.17) is 11.6 Å². The molecule has 88 valence electrons. The number of rotatable bonds is 3. The normalized spacial score (nSPS) is 19.4. The molecule has 0 aromatic heterocycles. The van der Waals surface area contributed by atoms with Gasteiger partial charge < -0.3 is 10.4 Å². The first kappa shape index (κ1) is 12.1. The van der Waals surface area contributed by atoms with Crippen molar-refractivity contribution in [3.63, 3.8) is 0 Å². The summed E-state index contributed by atoms with van der Waals surface area (Å²) in [6.07, 6.45) is 1.97. The van der Waals surface area contributed by atoms with Gasteiger partial charge in [0, 0.05) is 0 Å². The molecule has 2 rings (SSSR count). The Balaban J connectivity index is 2.15. The van der Waals surface area contributed by atoms with Crippen LogP contribution in [0.3, 0.4) is 0 Å². The molecule has 0 amide bonds. The molecule has 1 aliphatic rings. The van der Waals surface area contributed by atoms with Crippen molar-refractivity contribution in [2.45, 2.75) is 18.4 Å². The van der Waals surface area contributed by atoms with Crippen molar-refractivity contribution in [1.82, 2.24) is 0 Å². The van der Waals surface area contributed by atoms with Crippen molar-refractivity contribution < 1.29 is 5.11 Å². The van der Waals surface area contributed by atoms with Gasteiger partial charge in [0.05, 0.1) is 22.9 Å². The molecule has 1 heterocycles. The molecule has 16 heavy (non-hydrogen) atoms. The van der Waals surface area contributed by atoms with E-state index in [1.165, 1.54) is 0 Å². The van der Waals surface area contributed by atoms with Gasteiger partial charge in [0.1, 0.15) is 0 Å². The summed E-state index contributed by atoms with van der Waals surface area (Å²) < 4.78 is 0. The number of thioether (sulfide) groups is 1. The van der Waals surface area contributed by atoms with E-state index < -0.39 is 0 Å². The minimum absolute atomic E-state index is 0.165. The zero-order valence-corrected chi connectivity index (χ0v) is 10.7. The molecule has 0 radical (unpaired) electrons. The van der Waals surface area contributed by atoms with Crippen LogP contribution in [0.2, 0.25) is 5.02 Å². The van der Waals surface area contributed by atoms with E-state index in [9.17, 15) is 5.11 Å². The van der Waals surface area contributed by atoms with Gasteiger partial charge in [-0.15, -0.1) is 0 Å². The van der Waals surface area contributed by atoms with Crippen molar-refractivity contribution in [3.8, 4) is 0 Å². The minimum atomic E-state index is -0.184. The molecular formula is C12H16ClNOS. The van der Waals surface area contributed by atoms with E-state index in [0.29, 0.717) is 5.02 Å². The monoisotopic (exact) mass is 257 g/mol. The highest BCUT2D eigenvalue weighted by atomic mass is 35.5. The third-order valence-corrected chi connectivity index (χ3v) is 4.34. The maximum atomic E-state index is 9.58.